The van der Waals surface area contributed by atoms with Gasteiger partial charge in [0.25, 0.3) is 0 Å². The van der Waals surface area contributed by atoms with Crippen molar-refractivity contribution < 1.29 is 19.1 Å². The largest absolute Gasteiger partial charge is 0.443 e. The van der Waals surface area contributed by atoms with Crippen molar-refractivity contribution in [2.45, 2.75) is 59.7 Å². The molecule has 0 saturated carbocycles. The van der Waals surface area contributed by atoms with Crippen LogP contribution in [0.15, 0.2) is 23.5 Å². The smallest absolute Gasteiger partial charge is 0.437 e. The Hall–Kier alpha value is -2.38. The average Bonchev–Trinajstić information content (AvgIpc) is 2.87. The fourth-order valence-electron chi connectivity index (χ4n) is 1.66. The second-order valence-corrected chi connectivity index (χ2v) is 7.07. The van der Waals surface area contributed by atoms with Crippen LogP contribution in [-0.2, 0) is 9.47 Å². The molecule has 0 aliphatic carbocycles. The van der Waals surface area contributed by atoms with Gasteiger partial charge in [-0.3, -0.25) is 0 Å². The van der Waals surface area contributed by atoms with Crippen LogP contribution in [0.2, 0.25) is 0 Å². The van der Waals surface area contributed by atoms with Crippen molar-refractivity contribution in [1.29, 1.82) is 0 Å². The number of ether oxygens (including phenoxy) is 2. The van der Waals surface area contributed by atoms with Crippen LogP contribution in [0.5, 0.6) is 0 Å². The maximum atomic E-state index is 12.4. The van der Waals surface area contributed by atoms with E-state index in [1.165, 1.54) is 15.8 Å². The van der Waals surface area contributed by atoms with Gasteiger partial charge in [0.1, 0.15) is 11.2 Å². The van der Waals surface area contributed by atoms with Crippen LogP contribution >= 0.6 is 0 Å². The van der Waals surface area contributed by atoms with Crippen molar-refractivity contribution in [3.05, 3.63) is 18.5 Å². The van der Waals surface area contributed by atoms with Gasteiger partial charge in [0.05, 0.1) is 0 Å². The molecule has 0 atom stereocenters. The summed E-state index contributed by atoms with van der Waals surface area (Å²) >= 11 is 0. The van der Waals surface area contributed by atoms with Gasteiger partial charge in [0, 0.05) is 18.9 Å². The Labute approximate surface area is 142 Å². The van der Waals surface area contributed by atoms with Gasteiger partial charge in [-0.2, -0.15) is 5.10 Å². The molecule has 0 aliphatic heterocycles. The summed E-state index contributed by atoms with van der Waals surface area (Å²) in [4.78, 5) is 29.6. The summed E-state index contributed by atoms with van der Waals surface area (Å²) in [6.07, 6.45) is 1.67. The van der Waals surface area contributed by atoms with E-state index in [0.717, 1.165) is 0 Å². The van der Waals surface area contributed by atoms with Crippen LogP contribution < -0.4 is 0 Å². The molecule has 8 nitrogen and oxygen atoms in total. The molecule has 1 aromatic rings. The summed E-state index contributed by atoms with van der Waals surface area (Å²) in [5.41, 5.74) is -1.37. The van der Waals surface area contributed by atoms with E-state index in [1.807, 2.05) is 0 Å². The second-order valence-electron chi connectivity index (χ2n) is 7.07. The van der Waals surface area contributed by atoms with Crippen LogP contribution in [-0.4, -0.2) is 50.6 Å². The first-order valence-electron chi connectivity index (χ1n) is 7.75. The number of hydrogen-bond donors (Lipinski definition) is 0. The van der Waals surface area contributed by atoms with Crippen LogP contribution in [0, 0.1) is 0 Å². The molecule has 0 bridgehead atoms. The van der Waals surface area contributed by atoms with Gasteiger partial charge < -0.3 is 9.47 Å². The molecule has 0 spiro atoms. The third-order valence-electron chi connectivity index (χ3n) is 2.47. The first-order chi connectivity index (χ1) is 10.9. The van der Waals surface area contributed by atoms with E-state index in [9.17, 15) is 9.59 Å². The number of nitrogens with zero attached hydrogens (tertiary/aromatic N) is 4. The van der Waals surface area contributed by atoms with Gasteiger partial charge in [-0.25, -0.2) is 19.2 Å². The lowest BCUT2D eigenvalue weighted by molar-refractivity contribution is 0.0369. The quantitative estimate of drug-likeness (QED) is 0.579. The van der Waals surface area contributed by atoms with E-state index in [2.05, 4.69) is 10.1 Å². The van der Waals surface area contributed by atoms with E-state index in [0.29, 0.717) is 0 Å². The molecule has 8 heteroatoms. The topological polar surface area (TPSA) is 86.0 Å². The highest BCUT2D eigenvalue weighted by Crippen LogP contribution is 2.12. The van der Waals surface area contributed by atoms with Crippen LogP contribution in [0.4, 0.5) is 9.59 Å². The molecule has 0 aromatic carbocycles. The minimum Gasteiger partial charge on any atom is -0.443 e. The zero-order chi connectivity index (χ0) is 18.5. The number of aromatic nitrogens is 2. The summed E-state index contributed by atoms with van der Waals surface area (Å²) in [5.74, 6) is 0.0194. The lowest BCUT2D eigenvalue weighted by Gasteiger charge is -2.27. The first-order valence-corrected chi connectivity index (χ1v) is 7.75. The molecule has 0 aliphatic rings. The molecule has 0 N–H and O–H groups in total. The normalized spacial score (nSPS) is 12.7. The van der Waals surface area contributed by atoms with Crippen molar-refractivity contribution >= 4 is 18.1 Å². The highest BCUT2D eigenvalue weighted by atomic mass is 16.6. The highest BCUT2D eigenvalue weighted by molar-refractivity contribution is 5.99. The predicted molar refractivity (Wildman–Crippen MR) is 89.9 cm³/mol. The zero-order valence-corrected chi connectivity index (χ0v) is 15.4. The number of carbonyl (C=O) groups excluding carboxylic acids is 2. The van der Waals surface area contributed by atoms with Crippen LogP contribution in [0.3, 0.4) is 0 Å². The summed E-state index contributed by atoms with van der Waals surface area (Å²) in [6.45, 7) is 12.5. The molecule has 0 radical (unpaired) electrons. The van der Waals surface area contributed by atoms with Crippen molar-refractivity contribution in [3.63, 3.8) is 0 Å². The van der Waals surface area contributed by atoms with Crippen molar-refractivity contribution in [1.82, 2.24) is 14.7 Å². The molecule has 1 heterocycles. The predicted octanol–water partition coefficient (Wildman–Crippen LogP) is 3.28. The van der Waals surface area contributed by atoms with Crippen LogP contribution in [0.1, 0.15) is 48.5 Å². The summed E-state index contributed by atoms with van der Waals surface area (Å²) in [6, 6.07) is 1.66. The van der Waals surface area contributed by atoms with Gasteiger partial charge in [0.15, 0.2) is 0 Å². The van der Waals surface area contributed by atoms with Gasteiger partial charge in [-0.05, 0) is 54.5 Å². The van der Waals surface area contributed by atoms with Crippen LogP contribution in [0.25, 0.3) is 0 Å². The third-order valence-corrected chi connectivity index (χ3v) is 2.47. The Kier molecular flexibility index (Phi) is 6.11. The monoisotopic (exact) mass is 338 g/mol. The van der Waals surface area contributed by atoms with Gasteiger partial charge in [-0.1, -0.05) is 0 Å². The van der Waals surface area contributed by atoms with Gasteiger partial charge in [0.2, 0.25) is 5.96 Å². The fourth-order valence-corrected chi connectivity index (χ4v) is 1.66. The van der Waals surface area contributed by atoms with Crippen molar-refractivity contribution in [2.24, 2.45) is 4.99 Å². The zero-order valence-electron chi connectivity index (χ0n) is 15.4. The Bertz CT molecular complexity index is 595. The summed E-state index contributed by atoms with van der Waals surface area (Å²) < 4.78 is 11.9. The maximum absolute atomic E-state index is 12.4. The molecule has 0 saturated heterocycles. The minimum atomic E-state index is -0.810. The highest BCUT2D eigenvalue weighted by Gasteiger charge is 2.27. The Morgan fingerprint density at radius 3 is 2.12 bits per heavy atom. The van der Waals surface area contributed by atoms with Crippen molar-refractivity contribution in [2.75, 3.05) is 6.54 Å². The molecule has 1 aromatic heterocycles. The number of aliphatic imine (C=N–C) groups is 1. The molecule has 134 valence electrons. The van der Waals surface area contributed by atoms with Gasteiger partial charge >= 0.3 is 12.2 Å². The fraction of sp³-hybridized carbons (Fsp3) is 0.625. The number of hydrogen-bond acceptors (Lipinski definition) is 5. The summed E-state index contributed by atoms with van der Waals surface area (Å²) in [7, 11) is 0. The number of amides is 2. The Morgan fingerprint density at radius 1 is 1.12 bits per heavy atom. The molecule has 2 amide bonds. The van der Waals surface area contributed by atoms with Gasteiger partial charge in [-0.15, -0.1) is 4.99 Å². The molecule has 1 rings (SSSR count). The summed E-state index contributed by atoms with van der Waals surface area (Å²) in [5, 5.41) is 4.04. The molecule has 24 heavy (non-hydrogen) atoms. The average molecular weight is 338 g/mol. The van der Waals surface area contributed by atoms with E-state index in [-0.39, 0.29) is 12.5 Å². The molecule has 0 fully saturated rings. The molecular formula is C16H26N4O4. The minimum absolute atomic E-state index is 0.0194. The van der Waals surface area contributed by atoms with E-state index < -0.39 is 23.4 Å². The lowest BCUT2D eigenvalue weighted by Crippen LogP contribution is -2.44. The molecular weight excluding hydrogens is 312 g/mol. The SMILES string of the molecule is CCN(C(=O)OC(C)(C)C)C(=NC(=O)OC(C)(C)C)n1cccn1. The second kappa shape index (κ2) is 7.46. The number of rotatable bonds is 1. The Balaban J connectivity index is 3.17. The van der Waals surface area contributed by atoms with E-state index in [1.54, 1.807) is 60.7 Å². The van der Waals surface area contributed by atoms with E-state index in [4.69, 9.17) is 9.47 Å². The lowest BCUT2D eigenvalue weighted by atomic mass is 10.2. The standard InChI is InChI=1S/C16H26N4O4/c1-8-19(14(22)24-16(5,6)7)12(20-11-9-10-17-20)18-13(21)23-15(2,3)4/h9-11H,8H2,1-7H3. The molecule has 0 unspecified atom stereocenters. The van der Waals surface area contributed by atoms with Crippen molar-refractivity contribution in [3.8, 4) is 0 Å². The number of carbonyl (C=O) groups is 2. The first kappa shape index (κ1) is 19.7. The third kappa shape index (κ3) is 6.39. The maximum Gasteiger partial charge on any atom is 0.437 e. The Morgan fingerprint density at radius 2 is 1.71 bits per heavy atom. The van der Waals surface area contributed by atoms with E-state index >= 15 is 0 Å².